The van der Waals surface area contributed by atoms with Gasteiger partial charge in [0.1, 0.15) is 5.69 Å². The highest BCUT2D eigenvalue weighted by Gasteiger charge is 2.17. The van der Waals surface area contributed by atoms with E-state index in [0.717, 1.165) is 36.1 Å². The lowest BCUT2D eigenvalue weighted by Crippen LogP contribution is -2.32. The van der Waals surface area contributed by atoms with Gasteiger partial charge in [-0.1, -0.05) is 12.1 Å². The highest BCUT2D eigenvalue weighted by Crippen LogP contribution is 2.24. The number of hydrogen-bond donors (Lipinski definition) is 1. The molecule has 0 spiro atoms. The summed E-state index contributed by atoms with van der Waals surface area (Å²) in [4.78, 5) is 13.3. The van der Waals surface area contributed by atoms with E-state index < -0.39 is 10.0 Å². The van der Waals surface area contributed by atoms with Crippen molar-refractivity contribution in [1.29, 1.82) is 0 Å². The lowest BCUT2D eigenvalue weighted by molar-refractivity contribution is 0.548. The maximum Gasteiger partial charge on any atom is 0.266 e. The standard InChI is InChI=1S/C20H21N3O3S2/c24-20-10-9-18(19-6-3-13-27-19)22-23(20)12-11-21-28(25,26)17-8-7-15-4-1-2-5-16(15)14-17/h3,6-10,13-14,21H,1-2,4-5,11-12H2. The molecular weight excluding hydrogens is 394 g/mol. The van der Waals surface area contributed by atoms with Crippen LogP contribution in [-0.2, 0) is 29.4 Å². The van der Waals surface area contributed by atoms with E-state index in [1.165, 1.54) is 27.6 Å². The molecule has 2 aromatic heterocycles. The van der Waals surface area contributed by atoms with Crippen LogP contribution in [0.25, 0.3) is 10.6 Å². The molecule has 0 bridgehead atoms. The van der Waals surface area contributed by atoms with Crippen molar-refractivity contribution >= 4 is 21.4 Å². The Balaban J connectivity index is 1.46. The Bertz CT molecular complexity index is 1140. The maximum absolute atomic E-state index is 12.6. The highest BCUT2D eigenvalue weighted by molar-refractivity contribution is 7.89. The van der Waals surface area contributed by atoms with Crippen molar-refractivity contribution in [2.75, 3.05) is 6.54 Å². The van der Waals surface area contributed by atoms with Gasteiger partial charge in [-0.2, -0.15) is 5.10 Å². The van der Waals surface area contributed by atoms with Crippen LogP contribution in [0.2, 0.25) is 0 Å². The molecule has 4 rings (SSSR count). The molecular formula is C20H21N3O3S2. The van der Waals surface area contributed by atoms with Gasteiger partial charge in [0.2, 0.25) is 10.0 Å². The monoisotopic (exact) mass is 415 g/mol. The van der Waals surface area contributed by atoms with Gasteiger partial charge in [-0.15, -0.1) is 11.3 Å². The molecule has 0 radical (unpaired) electrons. The number of nitrogens with one attached hydrogen (secondary N) is 1. The van der Waals surface area contributed by atoms with Crippen molar-refractivity contribution in [2.24, 2.45) is 0 Å². The van der Waals surface area contributed by atoms with E-state index >= 15 is 0 Å². The molecule has 0 amide bonds. The largest absolute Gasteiger partial charge is 0.268 e. The fraction of sp³-hybridized carbons (Fsp3) is 0.300. The number of aromatic nitrogens is 2. The molecule has 1 aliphatic carbocycles. The topological polar surface area (TPSA) is 81.1 Å². The molecule has 8 heteroatoms. The van der Waals surface area contributed by atoms with Crippen LogP contribution in [0.4, 0.5) is 0 Å². The number of rotatable bonds is 6. The molecule has 0 unspecified atom stereocenters. The van der Waals surface area contributed by atoms with Crippen molar-refractivity contribution < 1.29 is 8.42 Å². The van der Waals surface area contributed by atoms with Crippen molar-refractivity contribution in [1.82, 2.24) is 14.5 Å². The van der Waals surface area contributed by atoms with Gasteiger partial charge in [0, 0.05) is 12.6 Å². The van der Waals surface area contributed by atoms with E-state index in [4.69, 9.17) is 0 Å². The van der Waals surface area contributed by atoms with Crippen molar-refractivity contribution in [2.45, 2.75) is 37.1 Å². The summed E-state index contributed by atoms with van der Waals surface area (Å²) in [6.45, 7) is 0.266. The summed E-state index contributed by atoms with van der Waals surface area (Å²) in [5.74, 6) is 0. The Labute approximate surface area is 167 Å². The molecule has 146 valence electrons. The highest BCUT2D eigenvalue weighted by atomic mass is 32.2. The summed E-state index contributed by atoms with van der Waals surface area (Å²) in [6.07, 6.45) is 4.19. The first-order chi connectivity index (χ1) is 13.5. The molecule has 28 heavy (non-hydrogen) atoms. The van der Waals surface area contributed by atoms with Crippen molar-refractivity contribution in [3.05, 3.63) is 69.3 Å². The molecule has 1 N–H and O–H groups in total. The molecule has 0 aliphatic heterocycles. The van der Waals surface area contributed by atoms with E-state index in [0.29, 0.717) is 5.69 Å². The smallest absolute Gasteiger partial charge is 0.266 e. The zero-order chi connectivity index (χ0) is 19.6. The third-order valence-electron chi connectivity index (χ3n) is 4.89. The second-order valence-corrected chi connectivity index (χ2v) is 9.51. The lowest BCUT2D eigenvalue weighted by Gasteiger charge is -2.16. The fourth-order valence-corrected chi connectivity index (χ4v) is 5.17. The van der Waals surface area contributed by atoms with Gasteiger partial charge >= 0.3 is 0 Å². The van der Waals surface area contributed by atoms with Crippen LogP contribution in [0.15, 0.2) is 57.5 Å². The summed E-state index contributed by atoms with van der Waals surface area (Å²) in [7, 11) is -3.62. The van der Waals surface area contributed by atoms with E-state index in [2.05, 4.69) is 9.82 Å². The van der Waals surface area contributed by atoms with Gasteiger partial charge in [-0.25, -0.2) is 17.8 Å². The summed E-state index contributed by atoms with van der Waals surface area (Å²) < 4.78 is 29.1. The Morgan fingerprint density at radius 1 is 1.07 bits per heavy atom. The number of sulfonamides is 1. The molecule has 3 aromatic rings. The average Bonchev–Trinajstić information content (AvgIpc) is 3.24. The van der Waals surface area contributed by atoms with Crippen LogP contribution in [0.5, 0.6) is 0 Å². The number of fused-ring (bicyclic) bond motifs is 1. The molecule has 0 fully saturated rings. The first-order valence-electron chi connectivity index (χ1n) is 9.26. The van der Waals surface area contributed by atoms with E-state index in [9.17, 15) is 13.2 Å². The van der Waals surface area contributed by atoms with Gasteiger partial charge in [-0.3, -0.25) is 4.79 Å². The molecule has 2 heterocycles. The molecule has 0 atom stereocenters. The van der Waals surface area contributed by atoms with Gasteiger partial charge < -0.3 is 0 Å². The second kappa shape index (κ2) is 7.98. The number of hydrogen-bond acceptors (Lipinski definition) is 5. The first-order valence-corrected chi connectivity index (χ1v) is 11.6. The zero-order valence-corrected chi connectivity index (χ0v) is 16.9. The number of benzene rings is 1. The van der Waals surface area contributed by atoms with Crippen molar-refractivity contribution in [3.8, 4) is 10.6 Å². The summed E-state index contributed by atoms with van der Waals surface area (Å²) in [6, 6.07) is 12.3. The quantitative estimate of drug-likeness (QED) is 0.671. The SMILES string of the molecule is O=c1ccc(-c2cccs2)nn1CCNS(=O)(=O)c1ccc2c(c1)CCCC2. The third kappa shape index (κ3) is 4.09. The summed E-state index contributed by atoms with van der Waals surface area (Å²) >= 11 is 1.54. The van der Waals surface area contributed by atoms with E-state index in [1.807, 2.05) is 23.6 Å². The number of thiophene rings is 1. The first kappa shape index (κ1) is 19.0. The van der Waals surface area contributed by atoms with Crippen LogP contribution in [0, 0.1) is 0 Å². The molecule has 6 nitrogen and oxygen atoms in total. The lowest BCUT2D eigenvalue weighted by atomic mass is 9.92. The minimum Gasteiger partial charge on any atom is -0.268 e. The minimum atomic E-state index is -3.62. The Kier molecular flexibility index (Phi) is 5.43. The predicted octanol–water partition coefficient (Wildman–Crippen LogP) is 2.83. The summed E-state index contributed by atoms with van der Waals surface area (Å²) in [5, 5.41) is 6.29. The number of aryl methyl sites for hydroxylation is 2. The van der Waals surface area contributed by atoms with Gasteiger partial charge in [-0.05, 0) is 66.5 Å². The van der Waals surface area contributed by atoms with Crippen LogP contribution in [0.3, 0.4) is 0 Å². The third-order valence-corrected chi connectivity index (χ3v) is 7.24. The van der Waals surface area contributed by atoms with Crippen LogP contribution in [0.1, 0.15) is 24.0 Å². The van der Waals surface area contributed by atoms with E-state index in [1.54, 1.807) is 18.2 Å². The minimum absolute atomic E-state index is 0.0974. The Hall–Kier alpha value is -2.29. The summed E-state index contributed by atoms with van der Waals surface area (Å²) in [5.41, 5.74) is 2.81. The Morgan fingerprint density at radius 3 is 2.68 bits per heavy atom. The van der Waals surface area contributed by atoms with E-state index in [-0.39, 0.29) is 23.5 Å². The normalized spacial score (nSPS) is 14.0. The molecule has 0 saturated carbocycles. The van der Waals surface area contributed by atoms with Gasteiger partial charge in [0.15, 0.2) is 0 Å². The molecule has 0 saturated heterocycles. The zero-order valence-electron chi connectivity index (χ0n) is 15.3. The molecule has 1 aliphatic rings. The fourth-order valence-electron chi connectivity index (χ4n) is 3.41. The van der Waals surface area contributed by atoms with Crippen LogP contribution >= 0.6 is 11.3 Å². The average molecular weight is 416 g/mol. The van der Waals surface area contributed by atoms with Crippen molar-refractivity contribution in [3.63, 3.8) is 0 Å². The second-order valence-electron chi connectivity index (χ2n) is 6.79. The molecule has 1 aromatic carbocycles. The predicted molar refractivity (Wildman–Crippen MR) is 110 cm³/mol. The van der Waals surface area contributed by atoms with Crippen LogP contribution in [-0.4, -0.2) is 24.7 Å². The number of nitrogens with zero attached hydrogens (tertiary/aromatic N) is 2. The maximum atomic E-state index is 12.6. The van der Waals surface area contributed by atoms with Gasteiger partial charge in [0.25, 0.3) is 5.56 Å². The Morgan fingerprint density at radius 2 is 1.89 bits per heavy atom. The van der Waals surface area contributed by atoms with Crippen LogP contribution < -0.4 is 10.3 Å². The van der Waals surface area contributed by atoms with Gasteiger partial charge in [0.05, 0.1) is 16.3 Å².